The summed E-state index contributed by atoms with van der Waals surface area (Å²) in [6.45, 7) is 4.30. The van der Waals surface area contributed by atoms with Crippen molar-refractivity contribution in [1.82, 2.24) is 15.0 Å². The molecule has 1 aromatic rings. The van der Waals surface area contributed by atoms with Gasteiger partial charge in [-0.3, -0.25) is 0 Å². The zero-order valence-corrected chi connectivity index (χ0v) is 11.4. The van der Waals surface area contributed by atoms with Crippen LogP contribution in [0.1, 0.15) is 26.2 Å². The minimum atomic E-state index is 0.293. The second-order valence-corrected chi connectivity index (χ2v) is 5.21. The molecule has 0 saturated carbocycles. The third-order valence-electron chi connectivity index (χ3n) is 3.33. The summed E-state index contributed by atoms with van der Waals surface area (Å²) < 4.78 is 0. The van der Waals surface area contributed by atoms with Gasteiger partial charge in [0.25, 0.3) is 0 Å². The predicted octanol–water partition coefficient (Wildman–Crippen LogP) is 1.15. The molecule has 2 rings (SSSR count). The smallest absolute Gasteiger partial charge is 0.231 e. The molecule has 18 heavy (non-hydrogen) atoms. The zero-order chi connectivity index (χ0) is 13.1. The molecule has 1 saturated heterocycles. The van der Waals surface area contributed by atoms with Gasteiger partial charge >= 0.3 is 0 Å². The first-order chi connectivity index (χ1) is 8.56. The van der Waals surface area contributed by atoms with Gasteiger partial charge < -0.3 is 15.5 Å². The van der Waals surface area contributed by atoms with Crippen molar-refractivity contribution in [3.8, 4) is 0 Å². The molecule has 1 unspecified atom stereocenters. The minimum Gasteiger partial charge on any atom is -0.368 e. The van der Waals surface area contributed by atoms with Crippen LogP contribution >= 0.6 is 0 Å². The van der Waals surface area contributed by atoms with Crippen LogP contribution in [0.2, 0.25) is 0 Å². The first kappa shape index (κ1) is 12.9. The SMILES string of the molecule is CC1CCCN(c2nc(N)nc(N(C)C)n2)CC1. The van der Waals surface area contributed by atoms with Crippen molar-refractivity contribution in [3.05, 3.63) is 0 Å². The summed E-state index contributed by atoms with van der Waals surface area (Å²) in [6.07, 6.45) is 3.64. The molecule has 100 valence electrons. The van der Waals surface area contributed by atoms with Crippen molar-refractivity contribution in [2.45, 2.75) is 26.2 Å². The minimum absolute atomic E-state index is 0.293. The molecular weight excluding hydrogens is 228 g/mol. The van der Waals surface area contributed by atoms with Gasteiger partial charge in [0.05, 0.1) is 0 Å². The quantitative estimate of drug-likeness (QED) is 0.849. The Bertz CT molecular complexity index is 406. The van der Waals surface area contributed by atoms with E-state index in [4.69, 9.17) is 5.73 Å². The molecule has 0 bridgehead atoms. The fourth-order valence-corrected chi connectivity index (χ4v) is 2.17. The summed E-state index contributed by atoms with van der Waals surface area (Å²) >= 11 is 0. The maximum absolute atomic E-state index is 5.75. The number of nitrogen functional groups attached to an aromatic ring is 1. The van der Waals surface area contributed by atoms with Gasteiger partial charge in [-0.25, -0.2) is 0 Å². The first-order valence-electron chi connectivity index (χ1n) is 6.50. The van der Waals surface area contributed by atoms with E-state index in [0.717, 1.165) is 19.0 Å². The summed E-state index contributed by atoms with van der Waals surface area (Å²) in [5.41, 5.74) is 5.75. The molecule has 1 atom stereocenters. The highest BCUT2D eigenvalue weighted by Gasteiger charge is 2.17. The van der Waals surface area contributed by atoms with Crippen molar-refractivity contribution in [2.24, 2.45) is 5.92 Å². The summed E-state index contributed by atoms with van der Waals surface area (Å²) in [7, 11) is 3.81. The summed E-state index contributed by atoms with van der Waals surface area (Å²) in [4.78, 5) is 16.9. The lowest BCUT2D eigenvalue weighted by Gasteiger charge is -2.21. The van der Waals surface area contributed by atoms with Crippen molar-refractivity contribution >= 4 is 17.8 Å². The lowest BCUT2D eigenvalue weighted by Crippen LogP contribution is -2.28. The molecule has 0 aromatic carbocycles. The summed E-state index contributed by atoms with van der Waals surface area (Å²) in [6, 6.07) is 0. The van der Waals surface area contributed by atoms with Gasteiger partial charge in [0.1, 0.15) is 0 Å². The van der Waals surface area contributed by atoms with Crippen LogP contribution in [-0.2, 0) is 0 Å². The molecule has 1 aliphatic rings. The molecule has 1 aromatic heterocycles. The predicted molar refractivity (Wildman–Crippen MR) is 73.8 cm³/mol. The molecule has 0 spiro atoms. The lowest BCUT2D eigenvalue weighted by molar-refractivity contribution is 0.521. The maximum Gasteiger partial charge on any atom is 0.231 e. The van der Waals surface area contributed by atoms with Gasteiger partial charge in [-0.1, -0.05) is 6.92 Å². The Balaban J connectivity index is 2.21. The van der Waals surface area contributed by atoms with Crippen molar-refractivity contribution in [1.29, 1.82) is 0 Å². The molecule has 0 radical (unpaired) electrons. The Morgan fingerprint density at radius 2 is 1.94 bits per heavy atom. The Morgan fingerprint density at radius 1 is 1.17 bits per heavy atom. The highest BCUT2D eigenvalue weighted by molar-refractivity contribution is 5.42. The zero-order valence-electron chi connectivity index (χ0n) is 11.4. The standard InChI is InChI=1S/C12H22N6/c1-9-5-4-7-18(8-6-9)12-15-10(13)14-11(16-12)17(2)3/h9H,4-8H2,1-3H3,(H2,13,14,15,16). The van der Waals surface area contributed by atoms with Gasteiger partial charge in [-0.15, -0.1) is 0 Å². The van der Waals surface area contributed by atoms with E-state index in [0.29, 0.717) is 17.8 Å². The van der Waals surface area contributed by atoms with Crippen LogP contribution in [0.5, 0.6) is 0 Å². The molecule has 6 nitrogen and oxygen atoms in total. The van der Waals surface area contributed by atoms with Crippen LogP contribution in [0.15, 0.2) is 0 Å². The van der Waals surface area contributed by atoms with Crippen molar-refractivity contribution < 1.29 is 0 Å². The Morgan fingerprint density at radius 3 is 2.67 bits per heavy atom. The third-order valence-corrected chi connectivity index (χ3v) is 3.33. The normalized spacial score (nSPS) is 20.6. The second kappa shape index (κ2) is 5.37. The molecule has 0 aliphatic carbocycles. The summed E-state index contributed by atoms with van der Waals surface area (Å²) in [5.74, 6) is 2.40. The number of aromatic nitrogens is 3. The van der Waals surface area contributed by atoms with E-state index < -0.39 is 0 Å². The van der Waals surface area contributed by atoms with Crippen LogP contribution in [0.3, 0.4) is 0 Å². The molecule has 1 aliphatic heterocycles. The number of rotatable bonds is 2. The molecule has 2 heterocycles. The fourth-order valence-electron chi connectivity index (χ4n) is 2.17. The average molecular weight is 250 g/mol. The van der Waals surface area contributed by atoms with Crippen molar-refractivity contribution in [2.75, 3.05) is 42.7 Å². The monoisotopic (exact) mass is 250 g/mol. The van der Waals surface area contributed by atoms with Crippen molar-refractivity contribution in [3.63, 3.8) is 0 Å². The maximum atomic E-state index is 5.75. The van der Waals surface area contributed by atoms with Gasteiger partial charge in [-0.2, -0.15) is 15.0 Å². The Hall–Kier alpha value is -1.59. The first-order valence-corrected chi connectivity index (χ1v) is 6.50. The van der Waals surface area contributed by atoms with Gasteiger partial charge in [0, 0.05) is 27.2 Å². The molecule has 2 N–H and O–H groups in total. The Kier molecular flexibility index (Phi) is 3.84. The van der Waals surface area contributed by atoms with E-state index in [1.165, 1.54) is 19.3 Å². The molecule has 1 fully saturated rings. The third kappa shape index (κ3) is 3.00. The molecular formula is C12H22N6. The van der Waals surface area contributed by atoms with E-state index in [2.05, 4.69) is 26.8 Å². The number of nitrogens with zero attached hydrogens (tertiary/aromatic N) is 5. The number of anilines is 3. The largest absolute Gasteiger partial charge is 0.368 e. The van der Waals surface area contributed by atoms with Gasteiger partial charge in [0.15, 0.2) is 0 Å². The highest BCUT2D eigenvalue weighted by Crippen LogP contribution is 2.21. The van der Waals surface area contributed by atoms with Crippen LogP contribution < -0.4 is 15.5 Å². The highest BCUT2D eigenvalue weighted by atomic mass is 15.3. The van der Waals surface area contributed by atoms with E-state index in [9.17, 15) is 0 Å². The van der Waals surface area contributed by atoms with Gasteiger partial charge in [0.2, 0.25) is 17.8 Å². The number of hydrogen-bond acceptors (Lipinski definition) is 6. The van der Waals surface area contributed by atoms with E-state index in [1.807, 2.05) is 19.0 Å². The average Bonchev–Trinajstić information content (AvgIpc) is 2.53. The number of hydrogen-bond donors (Lipinski definition) is 1. The summed E-state index contributed by atoms with van der Waals surface area (Å²) in [5, 5.41) is 0. The van der Waals surface area contributed by atoms with Crippen LogP contribution in [0, 0.1) is 5.92 Å². The van der Waals surface area contributed by atoms with E-state index >= 15 is 0 Å². The molecule has 0 amide bonds. The lowest BCUT2D eigenvalue weighted by atomic mass is 10.0. The number of nitrogens with two attached hydrogens (primary N) is 1. The molecule has 6 heteroatoms. The fraction of sp³-hybridized carbons (Fsp3) is 0.750. The topological polar surface area (TPSA) is 71.2 Å². The second-order valence-electron chi connectivity index (χ2n) is 5.21. The van der Waals surface area contributed by atoms with E-state index in [1.54, 1.807) is 0 Å². The van der Waals surface area contributed by atoms with Crippen LogP contribution in [0.25, 0.3) is 0 Å². The van der Waals surface area contributed by atoms with Gasteiger partial charge in [-0.05, 0) is 25.2 Å². The van der Waals surface area contributed by atoms with Crippen LogP contribution in [-0.4, -0.2) is 42.1 Å². The van der Waals surface area contributed by atoms with E-state index in [-0.39, 0.29) is 0 Å². The Labute approximate surface area is 108 Å². The van der Waals surface area contributed by atoms with Crippen LogP contribution in [0.4, 0.5) is 17.8 Å².